The van der Waals surface area contributed by atoms with Crippen LogP contribution >= 0.6 is 0 Å². The molecule has 41 heavy (non-hydrogen) atoms. The van der Waals surface area contributed by atoms with Crippen molar-refractivity contribution in [3.63, 3.8) is 0 Å². The van der Waals surface area contributed by atoms with Gasteiger partial charge in [0.2, 0.25) is 0 Å². The number of hydrogen-bond donors (Lipinski definition) is 0. The average Bonchev–Trinajstić information content (AvgIpc) is 3.68. The Morgan fingerprint density at radius 2 is 1.85 bits per heavy atom. The normalized spacial score (nSPS) is 17.4. The molecule has 0 spiro atoms. The second-order valence-corrected chi connectivity index (χ2v) is 10.4. The highest BCUT2D eigenvalue weighted by atomic mass is 16.7. The molecule has 1 fully saturated rings. The number of para-hydroxylation sites is 1. The van der Waals surface area contributed by atoms with E-state index in [1.807, 2.05) is 78.3 Å². The maximum atomic E-state index is 13.8. The van der Waals surface area contributed by atoms with Gasteiger partial charge in [-0.05, 0) is 36.2 Å². The van der Waals surface area contributed by atoms with Crippen LogP contribution in [0.15, 0.2) is 72.9 Å². The van der Waals surface area contributed by atoms with Gasteiger partial charge in [0.1, 0.15) is 17.4 Å². The fourth-order valence-corrected chi connectivity index (χ4v) is 5.53. The molecule has 10 nitrogen and oxygen atoms in total. The van der Waals surface area contributed by atoms with E-state index in [1.165, 1.54) is 0 Å². The molecule has 0 unspecified atom stereocenters. The molecule has 1 aliphatic rings. The van der Waals surface area contributed by atoms with Crippen molar-refractivity contribution in [1.82, 2.24) is 34.8 Å². The van der Waals surface area contributed by atoms with E-state index in [9.17, 15) is 4.79 Å². The molecule has 210 valence electrons. The predicted octanol–water partition coefficient (Wildman–Crippen LogP) is 4.28. The number of aryl methyl sites for hydroxylation is 1. The van der Waals surface area contributed by atoms with Crippen molar-refractivity contribution in [1.29, 1.82) is 0 Å². The molecule has 0 N–H and O–H groups in total. The van der Waals surface area contributed by atoms with E-state index in [0.29, 0.717) is 37.3 Å². The summed E-state index contributed by atoms with van der Waals surface area (Å²) >= 11 is 0. The number of hydroxylamine groups is 2. The molecule has 4 heterocycles. The third-order valence-electron chi connectivity index (χ3n) is 7.61. The highest BCUT2D eigenvalue weighted by molar-refractivity contribution is 5.83. The van der Waals surface area contributed by atoms with Gasteiger partial charge in [-0.3, -0.25) is 9.63 Å². The third-order valence-corrected chi connectivity index (χ3v) is 7.61. The number of fused-ring (bicyclic) bond motifs is 1. The molecule has 3 aromatic heterocycles. The zero-order valence-corrected chi connectivity index (χ0v) is 23.5. The molecule has 0 amide bonds. The number of pyridine rings is 1. The van der Waals surface area contributed by atoms with Crippen LogP contribution in [0.5, 0.6) is 0 Å². The third kappa shape index (κ3) is 5.54. The van der Waals surface area contributed by atoms with Crippen LogP contribution in [-0.4, -0.2) is 67.4 Å². The molecule has 2 atom stereocenters. The van der Waals surface area contributed by atoms with Crippen LogP contribution in [0.3, 0.4) is 0 Å². The van der Waals surface area contributed by atoms with Crippen molar-refractivity contribution in [3.8, 4) is 16.9 Å². The van der Waals surface area contributed by atoms with E-state index in [2.05, 4.69) is 27.4 Å². The van der Waals surface area contributed by atoms with Crippen LogP contribution in [0.2, 0.25) is 0 Å². The SMILES string of the molecule is COCCN1C[C@@H](CC(=O)Cc2c(C)c(-c3cnc4c(c3)nnn4C)nn2-c2ccccc2)[C@H](c2ccccc2)O1. The minimum absolute atomic E-state index is 0.0258. The lowest BCUT2D eigenvalue weighted by atomic mass is 9.90. The topological polar surface area (TPSA) is 100 Å². The molecule has 1 saturated heterocycles. The first-order valence-electron chi connectivity index (χ1n) is 13.8. The number of aromatic nitrogens is 6. The minimum Gasteiger partial charge on any atom is -0.383 e. The standard InChI is InChI=1S/C31H33N7O3/c1-21-28(18-26(39)16-24-20-37(14-15-40-3)41-30(24)22-10-6-4-7-11-22)38(25-12-8-5-9-13-25)34-29(21)23-17-27-31(32-19-23)36(2)35-33-27/h4-13,17,19,24,30H,14-16,18,20H2,1-3H3/t24-,30+/m1/s1. The monoisotopic (exact) mass is 551 g/mol. The van der Waals surface area contributed by atoms with Crippen molar-refractivity contribution in [2.24, 2.45) is 13.0 Å². The van der Waals surface area contributed by atoms with E-state index in [1.54, 1.807) is 18.0 Å². The number of ketones is 1. The number of methoxy groups -OCH3 is 1. The number of nitrogens with zero attached hydrogens (tertiary/aromatic N) is 7. The molecule has 0 bridgehead atoms. The van der Waals surface area contributed by atoms with E-state index < -0.39 is 0 Å². The van der Waals surface area contributed by atoms with E-state index >= 15 is 0 Å². The van der Waals surface area contributed by atoms with Gasteiger partial charge in [0, 0.05) is 57.8 Å². The van der Waals surface area contributed by atoms with Crippen LogP contribution in [-0.2, 0) is 27.8 Å². The van der Waals surface area contributed by atoms with Crippen molar-refractivity contribution < 1.29 is 14.4 Å². The second kappa shape index (κ2) is 11.7. The molecule has 10 heteroatoms. The highest BCUT2D eigenvalue weighted by Gasteiger charge is 2.36. The van der Waals surface area contributed by atoms with Gasteiger partial charge in [0.25, 0.3) is 0 Å². The van der Waals surface area contributed by atoms with Crippen molar-refractivity contribution in [2.45, 2.75) is 25.9 Å². The van der Waals surface area contributed by atoms with Crippen LogP contribution < -0.4 is 0 Å². The summed E-state index contributed by atoms with van der Waals surface area (Å²) in [6, 6.07) is 22.0. The Labute approximate surface area is 238 Å². The second-order valence-electron chi connectivity index (χ2n) is 10.4. The van der Waals surface area contributed by atoms with E-state index in [-0.39, 0.29) is 24.2 Å². The molecular weight excluding hydrogens is 518 g/mol. The first-order chi connectivity index (χ1) is 20.0. The number of hydrogen-bond acceptors (Lipinski definition) is 8. The molecule has 5 aromatic rings. The Bertz CT molecular complexity index is 1650. The van der Waals surface area contributed by atoms with E-state index in [4.69, 9.17) is 14.7 Å². The zero-order valence-electron chi connectivity index (χ0n) is 23.5. The Hall–Kier alpha value is -4.25. The largest absolute Gasteiger partial charge is 0.383 e. The minimum atomic E-state index is -0.183. The predicted molar refractivity (Wildman–Crippen MR) is 154 cm³/mol. The zero-order chi connectivity index (χ0) is 28.3. The summed E-state index contributed by atoms with van der Waals surface area (Å²) in [6.45, 7) is 3.90. The molecule has 0 aliphatic carbocycles. The number of carbonyl (C=O) groups is 1. The molecular formula is C31H33N7O3. The summed E-state index contributed by atoms with van der Waals surface area (Å²) in [6.07, 6.45) is 2.25. The summed E-state index contributed by atoms with van der Waals surface area (Å²) in [4.78, 5) is 24.6. The van der Waals surface area contributed by atoms with Crippen molar-refractivity contribution in [3.05, 3.63) is 89.7 Å². The Morgan fingerprint density at radius 3 is 2.61 bits per heavy atom. The molecule has 0 saturated carbocycles. The molecule has 0 radical (unpaired) electrons. The van der Waals surface area contributed by atoms with Gasteiger partial charge >= 0.3 is 0 Å². The number of ether oxygens (including phenoxy) is 1. The molecule has 2 aromatic carbocycles. The van der Waals surface area contributed by atoms with Gasteiger partial charge in [-0.2, -0.15) is 10.2 Å². The van der Waals surface area contributed by atoms with Gasteiger partial charge in [-0.15, -0.1) is 5.10 Å². The first-order valence-corrected chi connectivity index (χ1v) is 13.8. The Morgan fingerprint density at radius 1 is 1.10 bits per heavy atom. The van der Waals surface area contributed by atoms with Crippen LogP contribution in [0.25, 0.3) is 28.1 Å². The van der Waals surface area contributed by atoms with Gasteiger partial charge < -0.3 is 4.74 Å². The summed E-state index contributed by atoms with van der Waals surface area (Å²) < 4.78 is 8.79. The quantitative estimate of drug-likeness (QED) is 0.254. The van der Waals surface area contributed by atoms with Gasteiger partial charge in [-0.25, -0.2) is 14.3 Å². The molecule has 1 aliphatic heterocycles. The average molecular weight is 552 g/mol. The fourth-order valence-electron chi connectivity index (χ4n) is 5.53. The number of carbonyl (C=O) groups excluding carboxylic acids is 1. The van der Waals surface area contributed by atoms with Gasteiger partial charge in [0.05, 0.1) is 23.7 Å². The lowest BCUT2D eigenvalue weighted by Gasteiger charge is -2.18. The Balaban J connectivity index is 1.30. The Kier molecular flexibility index (Phi) is 7.69. The lowest BCUT2D eigenvalue weighted by Crippen LogP contribution is -2.24. The lowest BCUT2D eigenvalue weighted by molar-refractivity contribution is -0.155. The maximum absolute atomic E-state index is 13.8. The summed E-state index contributed by atoms with van der Waals surface area (Å²) in [5, 5.41) is 15.2. The van der Waals surface area contributed by atoms with Gasteiger partial charge in [0.15, 0.2) is 5.65 Å². The molecule has 6 rings (SSSR count). The van der Waals surface area contributed by atoms with Crippen LogP contribution in [0.1, 0.15) is 29.3 Å². The summed E-state index contributed by atoms with van der Waals surface area (Å²) in [5.41, 5.74) is 6.78. The van der Waals surface area contributed by atoms with Crippen LogP contribution in [0.4, 0.5) is 0 Å². The first kappa shape index (κ1) is 26.9. The number of Topliss-reactive ketones (excluding diaryl/α,β-unsaturated/α-hetero) is 1. The number of benzene rings is 2. The number of rotatable bonds is 10. The summed E-state index contributed by atoms with van der Waals surface area (Å²) in [5.74, 6) is 0.167. The van der Waals surface area contributed by atoms with Crippen molar-refractivity contribution in [2.75, 3.05) is 26.8 Å². The fraction of sp³-hybridized carbons (Fsp3) is 0.323. The van der Waals surface area contributed by atoms with E-state index in [0.717, 1.165) is 33.8 Å². The van der Waals surface area contributed by atoms with Gasteiger partial charge in [-0.1, -0.05) is 53.7 Å². The van der Waals surface area contributed by atoms with Crippen LogP contribution in [0, 0.1) is 12.8 Å². The highest BCUT2D eigenvalue weighted by Crippen LogP contribution is 2.37. The maximum Gasteiger partial charge on any atom is 0.178 e. The van der Waals surface area contributed by atoms with Crippen molar-refractivity contribution >= 4 is 16.9 Å². The summed E-state index contributed by atoms with van der Waals surface area (Å²) in [7, 11) is 3.50. The smallest absolute Gasteiger partial charge is 0.178 e.